The van der Waals surface area contributed by atoms with Crippen molar-refractivity contribution in [2.45, 2.75) is 6.92 Å². The Labute approximate surface area is 135 Å². The number of furan rings is 1. The molecule has 0 bridgehead atoms. The van der Waals surface area contributed by atoms with Gasteiger partial charge in [-0.25, -0.2) is 4.98 Å². The molecule has 1 N–H and O–H groups in total. The van der Waals surface area contributed by atoms with Crippen LogP contribution in [0.3, 0.4) is 0 Å². The smallest absolute Gasteiger partial charge is 0.291 e. The molecule has 1 amide bonds. The fraction of sp³-hybridized carbons (Fsp3) is 0.125. The molecule has 3 rings (SSSR count). The summed E-state index contributed by atoms with van der Waals surface area (Å²) in [6.07, 6.45) is 1.60. The van der Waals surface area contributed by atoms with E-state index in [4.69, 9.17) is 9.15 Å². The van der Waals surface area contributed by atoms with Gasteiger partial charge >= 0.3 is 0 Å². The Morgan fingerprint density at radius 2 is 2.18 bits per heavy atom. The number of methoxy groups -OCH3 is 1. The van der Waals surface area contributed by atoms with Crippen LogP contribution in [-0.4, -0.2) is 18.0 Å². The topological polar surface area (TPSA) is 64.4 Å². The number of aryl methyl sites for hydroxylation is 1. The molecule has 2 aromatic heterocycles. The van der Waals surface area contributed by atoms with E-state index in [1.807, 2.05) is 25.1 Å². The van der Waals surface area contributed by atoms with E-state index in [1.54, 1.807) is 18.3 Å². The first-order chi connectivity index (χ1) is 10.6. The number of nitrogens with one attached hydrogen (secondary N) is 1. The second-order valence-corrected chi connectivity index (χ2v) is 5.63. The molecule has 6 heteroatoms. The molecule has 1 aromatic carbocycles. The number of anilines is 1. The molecule has 112 valence electrons. The van der Waals surface area contributed by atoms with Crippen LogP contribution in [0.15, 0.2) is 45.4 Å². The number of nitrogens with zero attached hydrogens (tertiary/aromatic N) is 1. The zero-order valence-electron chi connectivity index (χ0n) is 12.0. The molecule has 0 saturated carbocycles. The van der Waals surface area contributed by atoms with Crippen LogP contribution in [0.2, 0.25) is 0 Å². The number of carbonyl (C=O) groups is 1. The fourth-order valence-corrected chi connectivity index (χ4v) is 2.60. The highest BCUT2D eigenvalue weighted by Gasteiger charge is 2.19. The minimum absolute atomic E-state index is 0.277. The second-order valence-electron chi connectivity index (χ2n) is 4.71. The molecule has 0 saturated heterocycles. The van der Waals surface area contributed by atoms with Gasteiger partial charge in [0, 0.05) is 21.6 Å². The molecule has 0 unspecified atom stereocenters. The quantitative estimate of drug-likeness (QED) is 0.761. The predicted molar refractivity (Wildman–Crippen MR) is 87.4 cm³/mol. The molecular weight excluding hydrogens is 348 g/mol. The number of hydrogen-bond acceptors (Lipinski definition) is 4. The van der Waals surface area contributed by atoms with Crippen LogP contribution < -0.4 is 10.1 Å². The SMILES string of the molecule is COc1ncccc1NC(=O)c1oc2ccc(Br)cc2c1C. The van der Waals surface area contributed by atoms with Crippen LogP contribution in [0.4, 0.5) is 5.69 Å². The van der Waals surface area contributed by atoms with Crippen molar-refractivity contribution in [1.29, 1.82) is 0 Å². The minimum Gasteiger partial charge on any atom is -0.480 e. The van der Waals surface area contributed by atoms with Crippen LogP contribution in [0, 0.1) is 6.92 Å². The molecular formula is C16H13BrN2O3. The number of fused-ring (bicyclic) bond motifs is 1. The molecule has 22 heavy (non-hydrogen) atoms. The lowest BCUT2D eigenvalue weighted by atomic mass is 10.1. The average Bonchev–Trinajstić information content (AvgIpc) is 2.85. The van der Waals surface area contributed by atoms with Crippen molar-refractivity contribution in [1.82, 2.24) is 4.98 Å². The van der Waals surface area contributed by atoms with Gasteiger partial charge in [0.05, 0.1) is 7.11 Å². The third-order valence-electron chi connectivity index (χ3n) is 3.32. The number of rotatable bonds is 3. The van der Waals surface area contributed by atoms with Crippen molar-refractivity contribution in [3.05, 3.63) is 52.3 Å². The van der Waals surface area contributed by atoms with Crippen LogP contribution in [0.5, 0.6) is 5.88 Å². The molecule has 0 aliphatic heterocycles. The monoisotopic (exact) mass is 360 g/mol. The van der Waals surface area contributed by atoms with Crippen molar-refractivity contribution in [2.24, 2.45) is 0 Å². The molecule has 0 aliphatic carbocycles. The van der Waals surface area contributed by atoms with Crippen LogP contribution >= 0.6 is 15.9 Å². The van der Waals surface area contributed by atoms with E-state index < -0.39 is 0 Å². The molecule has 5 nitrogen and oxygen atoms in total. The summed E-state index contributed by atoms with van der Waals surface area (Å²) in [4.78, 5) is 16.5. The van der Waals surface area contributed by atoms with Gasteiger partial charge in [-0.15, -0.1) is 0 Å². The second kappa shape index (κ2) is 5.81. The number of pyridine rings is 1. The van der Waals surface area contributed by atoms with E-state index >= 15 is 0 Å². The van der Waals surface area contributed by atoms with Crippen LogP contribution in [0.25, 0.3) is 11.0 Å². The first-order valence-electron chi connectivity index (χ1n) is 6.59. The highest BCUT2D eigenvalue weighted by molar-refractivity contribution is 9.10. The number of benzene rings is 1. The maximum absolute atomic E-state index is 12.5. The number of aromatic nitrogens is 1. The summed E-state index contributed by atoms with van der Waals surface area (Å²) < 4.78 is 11.7. The molecule has 0 radical (unpaired) electrons. The Bertz CT molecular complexity index is 858. The number of ether oxygens (including phenoxy) is 1. The molecule has 0 fully saturated rings. The summed E-state index contributed by atoms with van der Waals surface area (Å²) in [6, 6.07) is 9.07. The summed E-state index contributed by atoms with van der Waals surface area (Å²) in [5.74, 6) is 0.294. The summed E-state index contributed by atoms with van der Waals surface area (Å²) >= 11 is 3.42. The minimum atomic E-state index is -0.337. The lowest BCUT2D eigenvalue weighted by molar-refractivity contribution is 0.0997. The van der Waals surface area contributed by atoms with Gasteiger partial charge in [0.15, 0.2) is 5.76 Å². The summed E-state index contributed by atoms with van der Waals surface area (Å²) in [5.41, 5.74) is 1.96. The van der Waals surface area contributed by atoms with Crippen LogP contribution in [0.1, 0.15) is 16.1 Å². The first kappa shape index (κ1) is 14.6. The van der Waals surface area contributed by atoms with Gasteiger partial charge in [-0.1, -0.05) is 15.9 Å². The van der Waals surface area contributed by atoms with Crippen molar-refractivity contribution in [3.8, 4) is 5.88 Å². The highest BCUT2D eigenvalue weighted by atomic mass is 79.9. The third-order valence-corrected chi connectivity index (χ3v) is 3.81. The van der Waals surface area contributed by atoms with E-state index in [0.717, 1.165) is 15.4 Å². The van der Waals surface area contributed by atoms with Crippen molar-refractivity contribution in [3.63, 3.8) is 0 Å². The number of halogens is 1. The lowest BCUT2D eigenvalue weighted by Gasteiger charge is -2.07. The highest BCUT2D eigenvalue weighted by Crippen LogP contribution is 2.29. The van der Waals surface area contributed by atoms with E-state index in [1.165, 1.54) is 7.11 Å². The Morgan fingerprint density at radius 3 is 2.95 bits per heavy atom. The average molecular weight is 361 g/mol. The standard InChI is InChI=1S/C16H13BrN2O3/c1-9-11-8-10(17)5-6-13(11)22-14(9)15(20)19-12-4-3-7-18-16(12)21-2/h3-8H,1-2H3,(H,19,20). The Balaban J connectivity index is 1.97. The van der Waals surface area contributed by atoms with Gasteiger partial charge < -0.3 is 14.5 Å². The van der Waals surface area contributed by atoms with Gasteiger partial charge in [0.2, 0.25) is 5.88 Å². The maximum Gasteiger partial charge on any atom is 0.291 e. The Hall–Kier alpha value is -2.34. The van der Waals surface area contributed by atoms with E-state index in [-0.39, 0.29) is 11.7 Å². The molecule has 0 atom stereocenters. The first-order valence-corrected chi connectivity index (χ1v) is 7.38. The van der Waals surface area contributed by atoms with Gasteiger partial charge in [-0.05, 0) is 37.3 Å². The number of amides is 1. The lowest BCUT2D eigenvalue weighted by Crippen LogP contribution is -2.13. The molecule has 0 spiro atoms. The Kier molecular flexibility index (Phi) is 3.85. The third kappa shape index (κ3) is 2.57. The van der Waals surface area contributed by atoms with Crippen molar-refractivity contribution in [2.75, 3.05) is 12.4 Å². The molecule has 0 aliphatic rings. The fourth-order valence-electron chi connectivity index (χ4n) is 2.24. The van der Waals surface area contributed by atoms with E-state index in [9.17, 15) is 4.79 Å². The summed E-state index contributed by atoms with van der Waals surface area (Å²) in [5, 5.41) is 3.66. The van der Waals surface area contributed by atoms with Gasteiger partial charge in [-0.3, -0.25) is 4.79 Å². The molecule has 2 heterocycles. The maximum atomic E-state index is 12.5. The molecule has 3 aromatic rings. The number of carbonyl (C=O) groups excluding carboxylic acids is 1. The Morgan fingerprint density at radius 1 is 1.36 bits per heavy atom. The predicted octanol–water partition coefficient (Wildman–Crippen LogP) is 4.16. The van der Waals surface area contributed by atoms with Gasteiger partial charge in [0.25, 0.3) is 5.91 Å². The van der Waals surface area contributed by atoms with E-state index in [0.29, 0.717) is 17.2 Å². The van der Waals surface area contributed by atoms with Crippen molar-refractivity contribution >= 4 is 38.5 Å². The summed E-state index contributed by atoms with van der Waals surface area (Å²) in [6.45, 7) is 1.85. The summed E-state index contributed by atoms with van der Waals surface area (Å²) in [7, 11) is 1.50. The number of hydrogen-bond donors (Lipinski definition) is 1. The van der Waals surface area contributed by atoms with Crippen LogP contribution in [-0.2, 0) is 0 Å². The zero-order valence-corrected chi connectivity index (χ0v) is 13.6. The zero-order chi connectivity index (χ0) is 15.7. The largest absolute Gasteiger partial charge is 0.480 e. The van der Waals surface area contributed by atoms with Gasteiger partial charge in [0.1, 0.15) is 11.3 Å². The normalized spacial score (nSPS) is 10.7. The van der Waals surface area contributed by atoms with Gasteiger partial charge in [-0.2, -0.15) is 0 Å². The van der Waals surface area contributed by atoms with Crippen molar-refractivity contribution < 1.29 is 13.9 Å². The van der Waals surface area contributed by atoms with E-state index in [2.05, 4.69) is 26.2 Å².